The molecular formula is C18H26N4OS2. The maximum atomic E-state index is 12.0. The largest absolute Gasteiger partial charge is 0.343 e. The van der Waals surface area contributed by atoms with E-state index in [-0.39, 0.29) is 5.91 Å². The molecule has 1 aromatic heterocycles. The summed E-state index contributed by atoms with van der Waals surface area (Å²) >= 11 is 3.21. The number of aromatic nitrogens is 2. The van der Waals surface area contributed by atoms with Crippen LogP contribution >= 0.6 is 23.1 Å². The van der Waals surface area contributed by atoms with Gasteiger partial charge in [-0.05, 0) is 45.7 Å². The number of hydrogen-bond acceptors (Lipinski definition) is 6. The molecule has 0 aliphatic carbocycles. The molecule has 2 aromatic rings. The Kier molecular flexibility index (Phi) is 7.71. The van der Waals surface area contributed by atoms with E-state index in [0.717, 1.165) is 40.4 Å². The zero-order valence-corrected chi connectivity index (χ0v) is 17.0. The summed E-state index contributed by atoms with van der Waals surface area (Å²) in [5.74, 6) is 1.12. The van der Waals surface area contributed by atoms with Gasteiger partial charge < -0.3 is 10.2 Å². The molecule has 0 radical (unpaired) electrons. The Bertz CT molecular complexity index is 698. The van der Waals surface area contributed by atoms with Gasteiger partial charge >= 0.3 is 0 Å². The van der Waals surface area contributed by atoms with Crippen LogP contribution in [0.3, 0.4) is 0 Å². The molecule has 1 N–H and O–H groups in total. The van der Waals surface area contributed by atoms with Crippen LogP contribution in [0.4, 0.5) is 10.8 Å². The molecule has 0 unspecified atom stereocenters. The van der Waals surface area contributed by atoms with Gasteiger partial charge in [-0.1, -0.05) is 40.8 Å². The number of nitrogens with zero attached hydrogens (tertiary/aromatic N) is 3. The Balaban J connectivity index is 1.79. The van der Waals surface area contributed by atoms with E-state index in [4.69, 9.17) is 0 Å². The summed E-state index contributed by atoms with van der Waals surface area (Å²) in [6.45, 7) is 9.77. The lowest BCUT2D eigenvalue weighted by atomic mass is 10.1. The standard InChI is InChI=1S/C18H26N4OS2/c1-5-22(6-2)16(23)8-7-11-24-18-21-20-17(25-18)19-15-10-9-13(3)12-14(15)4/h9-10,12H,5-8,11H2,1-4H3,(H,19,20). The quantitative estimate of drug-likeness (QED) is 0.509. The van der Waals surface area contributed by atoms with Gasteiger partial charge in [0.15, 0.2) is 4.34 Å². The molecule has 2 rings (SSSR count). The van der Waals surface area contributed by atoms with Crippen molar-refractivity contribution >= 4 is 39.8 Å². The number of thioether (sulfide) groups is 1. The third-order valence-electron chi connectivity index (χ3n) is 3.91. The van der Waals surface area contributed by atoms with Crippen molar-refractivity contribution in [3.05, 3.63) is 29.3 Å². The SMILES string of the molecule is CCN(CC)C(=O)CCCSc1nnc(Nc2ccc(C)cc2C)s1. The molecule has 0 spiro atoms. The lowest BCUT2D eigenvalue weighted by Gasteiger charge is -2.18. The number of carbonyl (C=O) groups excluding carboxylic acids is 1. The normalized spacial score (nSPS) is 10.7. The molecule has 0 saturated heterocycles. The smallest absolute Gasteiger partial charge is 0.222 e. The number of anilines is 2. The number of rotatable bonds is 9. The first-order valence-corrected chi connectivity index (χ1v) is 10.4. The van der Waals surface area contributed by atoms with Gasteiger partial charge in [0, 0.05) is 31.0 Å². The van der Waals surface area contributed by atoms with Gasteiger partial charge in [-0.3, -0.25) is 4.79 Å². The highest BCUT2D eigenvalue weighted by molar-refractivity contribution is 8.01. The van der Waals surface area contributed by atoms with Crippen molar-refractivity contribution in [2.24, 2.45) is 0 Å². The Morgan fingerprint density at radius 3 is 2.68 bits per heavy atom. The van der Waals surface area contributed by atoms with Crippen LogP contribution in [0.25, 0.3) is 0 Å². The molecule has 25 heavy (non-hydrogen) atoms. The molecule has 1 aromatic carbocycles. The Morgan fingerprint density at radius 1 is 1.24 bits per heavy atom. The maximum absolute atomic E-state index is 12.0. The minimum Gasteiger partial charge on any atom is -0.343 e. The van der Waals surface area contributed by atoms with Crippen LogP contribution in [0.5, 0.6) is 0 Å². The molecule has 0 fully saturated rings. The van der Waals surface area contributed by atoms with Crippen molar-refractivity contribution in [1.82, 2.24) is 15.1 Å². The van der Waals surface area contributed by atoms with E-state index in [0.29, 0.717) is 6.42 Å². The number of benzene rings is 1. The molecule has 7 heteroatoms. The first-order chi connectivity index (χ1) is 12.0. The van der Waals surface area contributed by atoms with Crippen molar-refractivity contribution in [2.45, 2.75) is 44.9 Å². The van der Waals surface area contributed by atoms with E-state index in [2.05, 4.69) is 47.6 Å². The van der Waals surface area contributed by atoms with Crippen LogP contribution in [-0.2, 0) is 4.79 Å². The topological polar surface area (TPSA) is 58.1 Å². The number of aryl methyl sites for hydroxylation is 2. The average Bonchev–Trinajstić information content (AvgIpc) is 3.03. The second-order valence-corrected chi connectivity index (χ2v) is 8.15. The minimum absolute atomic E-state index is 0.236. The molecular weight excluding hydrogens is 352 g/mol. The lowest BCUT2D eigenvalue weighted by Crippen LogP contribution is -2.30. The fourth-order valence-electron chi connectivity index (χ4n) is 2.50. The van der Waals surface area contributed by atoms with E-state index in [1.807, 2.05) is 18.7 Å². The molecule has 0 saturated carbocycles. The Labute approximate surface area is 158 Å². The summed E-state index contributed by atoms with van der Waals surface area (Å²) < 4.78 is 0.933. The summed E-state index contributed by atoms with van der Waals surface area (Å²) in [6, 6.07) is 6.29. The van der Waals surface area contributed by atoms with Gasteiger partial charge in [0.25, 0.3) is 0 Å². The van der Waals surface area contributed by atoms with E-state index in [1.165, 1.54) is 11.1 Å². The van der Waals surface area contributed by atoms with E-state index in [9.17, 15) is 4.79 Å². The molecule has 5 nitrogen and oxygen atoms in total. The fourth-order valence-corrected chi connectivity index (χ4v) is 4.28. The predicted molar refractivity (Wildman–Crippen MR) is 107 cm³/mol. The summed E-state index contributed by atoms with van der Waals surface area (Å²) in [4.78, 5) is 13.8. The third kappa shape index (κ3) is 6.01. The summed E-state index contributed by atoms with van der Waals surface area (Å²) in [6.07, 6.45) is 1.46. The number of carbonyl (C=O) groups is 1. The molecule has 0 bridgehead atoms. The monoisotopic (exact) mass is 378 g/mol. The highest BCUT2D eigenvalue weighted by Crippen LogP contribution is 2.29. The van der Waals surface area contributed by atoms with Gasteiger partial charge in [-0.25, -0.2) is 0 Å². The average molecular weight is 379 g/mol. The third-order valence-corrected chi connectivity index (χ3v) is 5.96. The van der Waals surface area contributed by atoms with Crippen molar-refractivity contribution in [2.75, 3.05) is 24.2 Å². The molecule has 0 aliphatic rings. The summed E-state index contributed by atoms with van der Waals surface area (Å²) in [5, 5.41) is 12.6. The molecule has 1 heterocycles. The Hall–Kier alpha value is -1.60. The van der Waals surface area contributed by atoms with Crippen molar-refractivity contribution < 1.29 is 4.79 Å². The zero-order valence-electron chi connectivity index (χ0n) is 15.3. The first kappa shape index (κ1) is 19.7. The number of hydrogen-bond donors (Lipinski definition) is 1. The second-order valence-electron chi connectivity index (χ2n) is 5.83. The fraction of sp³-hybridized carbons (Fsp3) is 0.500. The van der Waals surface area contributed by atoms with Crippen LogP contribution in [0.2, 0.25) is 0 Å². The van der Waals surface area contributed by atoms with Gasteiger partial charge in [0.05, 0.1) is 0 Å². The van der Waals surface area contributed by atoms with Gasteiger partial charge in [-0.15, -0.1) is 10.2 Å². The van der Waals surface area contributed by atoms with Crippen LogP contribution in [0.15, 0.2) is 22.5 Å². The van der Waals surface area contributed by atoms with Crippen molar-refractivity contribution in [3.8, 4) is 0 Å². The van der Waals surface area contributed by atoms with E-state index >= 15 is 0 Å². The maximum Gasteiger partial charge on any atom is 0.222 e. The summed E-state index contributed by atoms with van der Waals surface area (Å²) in [7, 11) is 0. The van der Waals surface area contributed by atoms with E-state index in [1.54, 1.807) is 23.1 Å². The summed E-state index contributed by atoms with van der Waals surface area (Å²) in [5.41, 5.74) is 3.50. The first-order valence-electron chi connectivity index (χ1n) is 8.61. The highest BCUT2D eigenvalue weighted by atomic mass is 32.2. The van der Waals surface area contributed by atoms with Gasteiger partial charge in [0.1, 0.15) is 0 Å². The lowest BCUT2D eigenvalue weighted by molar-refractivity contribution is -0.130. The molecule has 136 valence electrons. The van der Waals surface area contributed by atoms with Crippen LogP contribution in [0, 0.1) is 13.8 Å². The van der Waals surface area contributed by atoms with Gasteiger partial charge in [0.2, 0.25) is 11.0 Å². The molecule has 1 amide bonds. The second kappa shape index (κ2) is 9.77. The highest BCUT2D eigenvalue weighted by Gasteiger charge is 2.10. The zero-order chi connectivity index (χ0) is 18.2. The van der Waals surface area contributed by atoms with Crippen LogP contribution in [-0.4, -0.2) is 39.8 Å². The molecule has 0 atom stereocenters. The van der Waals surface area contributed by atoms with E-state index < -0.39 is 0 Å². The minimum atomic E-state index is 0.236. The van der Waals surface area contributed by atoms with Crippen molar-refractivity contribution in [1.29, 1.82) is 0 Å². The van der Waals surface area contributed by atoms with Crippen molar-refractivity contribution in [3.63, 3.8) is 0 Å². The number of amides is 1. The Morgan fingerprint density at radius 2 is 2.00 bits per heavy atom. The van der Waals surface area contributed by atoms with Crippen LogP contribution in [0.1, 0.15) is 37.8 Å². The molecule has 0 aliphatic heterocycles. The van der Waals surface area contributed by atoms with Crippen LogP contribution < -0.4 is 5.32 Å². The van der Waals surface area contributed by atoms with Gasteiger partial charge in [-0.2, -0.15) is 0 Å². The predicted octanol–water partition coefficient (Wildman–Crippen LogP) is 4.64. The number of nitrogens with one attached hydrogen (secondary N) is 1.